The average Bonchev–Trinajstić information content (AvgIpc) is 2.25. The summed E-state index contributed by atoms with van der Waals surface area (Å²) in [4.78, 5) is 0. The van der Waals surface area contributed by atoms with Gasteiger partial charge in [0.1, 0.15) is 5.75 Å². The summed E-state index contributed by atoms with van der Waals surface area (Å²) in [5.74, 6) is 0.956. The van der Waals surface area contributed by atoms with Crippen molar-refractivity contribution in [2.45, 2.75) is 0 Å². The number of phenols is 1. The van der Waals surface area contributed by atoms with Crippen LogP contribution in [0.5, 0.6) is 17.2 Å². The summed E-state index contributed by atoms with van der Waals surface area (Å²) in [5, 5.41) is 9.93. The Morgan fingerprint density at radius 1 is 0.933 bits per heavy atom. The zero-order chi connectivity index (χ0) is 10.7. The summed E-state index contributed by atoms with van der Waals surface area (Å²) in [6.07, 6.45) is 0. The number of hydrogen-bond acceptors (Lipinski definition) is 2. The van der Waals surface area contributed by atoms with Gasteiger partial charge in [0.05, 0.1) is 5.02 Å². The van der Waals surface area contributed by atoms with E-state index in [0.717, 1.165) is 0 Å². The third-order valence-corrected chi connectivity index (χ3v) is 2.21. The highest BCUT2D eigenvalue weighted by atomic mass is 35.5. The molecule has 0 atom stereocenters. The molecule has 0 saturated heterocycles. The first-order chi connectivity index (χ1) is 7.27. The lowest BCUT2D eigenvalue weighted by molar-refractivity contribution is 0.411. The molecule has 2 rings (SSSR count). The van der Waals surface area contributed by atoms with Crippen LogP contribution in [-0.2, 0) is 0 Å². The van der Waals surface area contributed by atoms with E-state index in [1.807, 2.05) is 18.2 Å². The molecule has 0 bridgehead atoms. The van der Waals surface area contributed by atoms with Crippen molar-refractivity contribution in [2.75, 3.05) is 0 Å². The quantitative estimate of drug-likeness (QED) is 0.833. The van der Waals surface area contributed by atoms with Gasteiger partial charge in [-0.2, -0.15) is 0 Å². The van der Waals surface area contributed by atoms with Gasteiger partial charge in [0, 0.05) is 0 Å². The molecule has 0 heterocycles. The number of benzene rings is 2. The van der Waals surface area contributed by atoms with Gasteiger partial charge in [-0.1, -0.05) is 35.9 Å². The highest BCUT2D eigenvalue weighted by molar-refractivity contribution is 6.32. The van der Waals surface area contributed by atoms with E-state index in [1.54, 1.807) is 24.3 Å². The average molecular weight is 221 g/mol. The second-order valence-electron chi connectivity index (χ2n) is 3.00. The standard InChI is InChI=1S/C12H9ClO2/c13-10-7-4-8-11(14)12(10)15-9-5-2-1-3-6-9/h1-8,14H. The second-order valence-corrected chi connectivity index (χ2v) is 3.41. The van der Waals surface area contributed by atoms with Gasteiger partial charge in [-0.05, 0) is 24.3 Å². The fraction of sp³-hybridized carbons (Fsp3) is 0. The number of hydrogen-bond donors (Lipinski definition) is 1. The maximum absolute atomic E-state index is 9.54. The van der Waals surface area contributed by atoms with E-state index < -0.39 is 0 Å². The first kappa shape index (κ1) is 9.87. The van der Waals surface area contributed by atoms with Crippen LogP contribution < -0.4 is 4.74 Å². The predicted molar refractivity (Wildman–Crippen MR) is 59.6 cm³/mol. The molecule has 1 N–H and O–H groups in total. The van der Waals surface area contributed by atoms with Crippen molar-refractivity contribution >= 4 is 11.6 Å². The molecule has 0 aromatic heterocycles. The minimum Gasteiger partial charge on any atom is -0.504 e. The molecule has 2 nitrogen and oxygen atoms in total. The normalized spacial score (nSPS) is 9.93. The Balaban J connectivity index is 2.32. The van der Waals surface area contributed by atoms with Crippen LogP contribution in [0.3, 0.4) is 0 Å². The van der Waals surface area contributed by atoms with Crippen molar-refractivity contribution in [1.82, 2.24) is 0 Å². The van der Waals surface area contributed by atoms with Gasteiger partial charge in [-0.25, -0.2) is 0 Å². The number of ether oxygens (including phenoxy) is 1. The van der Waals surface area contributed by atoms with Crippen LogP contribution in [0.4, 0.5) is 0 Å². The van der Waals surface area contributed by atoms with Crippen molar-refractivity contribution in [3.63, 3.8) is 0 Å². The summed E-state index contributed by atoms with van der Waals surface area (Å²) in [6.45, 7) is 0. The number of halogens is 1. The molecule has 0 aliphatic rings. The Morgan fingerprint density at radius 2 is 1.67 bits per heavy atom. The zero-order valence-electron chi connectivity index (χ0n) is 7.85. The molecule has 0 aliphatic heterocycles. The van der Waals surface area contributed by atoms with Gasteiger partial charge < -0.3 is 9.84 Å². The van der Waals surface area contributed by atoms with Crippen molar-refractivity contribution < 1.29 is 9.84 Å². The molecule has 2 aromatic rings. The topological polar surface area (TPSA) is 29.5 Å². The van der Waals surface area contributed by atoms with Crippen molar-refractivity contribution in [1.29, 1.82) is 0 Å². The van der Waals surface area contributed by atoms with Crippen LogP contribution in [0, 0.1) is 0 Å². The highest BCUT2D eigenvalue weighted by Gasteiger charge is 2.07. The second kappa shape index (κ2) is 4.24. The van der Waals surface area contributed by atoms with Crippen molar-refractivity contribution in [2.24, 2.45) is 0 Å². The summed E-state index contributed by atoms with van der Waals surface area (Å²) in [5.41, 5.74) is 0. The molecular formula is C12H9ClO2. The molecular weight excluding hydrogens is 212 g/mol. The van der Waals surface area contributed by atoms with Crippen LogP contribution >= 0.6 is 11.6 Å². The Kier molecular flexibility index (Phi) is 2.79. The minimum atomic E-state index is 0.0337. The van der Waals surface area contributed by atoms with Crippen LogP contribution in [-0.4, -0.2) is 5.11 Å². The molecule has 3 heteroatoms. The molecule has 0 unspecified atom stereocenters. The Hall–Kier alpha value is -1.67. The SMILES string of the molecule is Oc1cccc(Cl)c1Oc1ccccc1. The third-order valence-electron chi connectivity index (χ3n) is 1.91. The van der Waals surface area contributed by atoms with E-state index in [1.165, 1.54) is 6.07 Å². The van der Waals surface area contributed by atoms with E-state index in [4.69, 9.17) is 16.3 Å². The fourth-order valence-corrected chi connectivity index (χ4v) is 1.41. The summed E-state index contributed by atoms with van der Waals surface area (Å²) < 4.78 is 5.46. The predicted octanol–water partition coefficient (Wildman–Crippen LogP) is 3.84. The number of phenolic OH excluding ortho intramolecular Hbond substituents is 1. The van der Waals surface area contributed by atoms with Gasteiger partial charge in [-0.15, -0.1) is 0 Å². The first-order valence-corrected chi connectivity index (χ1v) is 4.85. The maximum Gasteiger partial charge on any atom is 0.187 e. The van der Waals surface area contributed by atoms with Crippen LogP contribution in [0.1, 0.15) is 0 Å². The largest absolute Gasteiger partial charge is 0.504 e. The monoisotopic (exact) mass is 220 g/mol. The van der Waals surface area contributed by atoms with E-state index in [2.05, 4.69) is 0 Å². The van der Waals surface area contributed by atoms with Crippen molar-refractivity contribution in [3.8, 4) is 17.2 Å². The van der Waals surface area contributed by atoms with Crippen LogP contribution in [0.25, 0.3) is 0 Å². The molecule has 0 fully saturated rings. The Labute approximate surface area is 92.7 Å². The summed E-state index contributed by atoms with van der Waals surface area (Å²) >= 11 is 5.89. The molecule has 0 radical (unpaired) electrons. The molecule has 76 valence electrons. The molecule has 0 amide bonds. The lowest BCUT2D eigenvalue weighted by atomic mass is 10.3. The lowest BCUT2D eigenvalue weighted by Crippen LogP contribution is -1.85. The van der Waals surface area contributed by atoms with E-state index in [9.17, 15) is 5.11 Å². The molecule has 0 spiro atoms. The molecule has 0 aliphatic carbocycles. The van der Waals surface area contributed by atoms with Gasteiger partial charge in [0.2, 0.25) is 0 Å². The Morgan fingerprint density at radius 3 is 2.33 bits per heavy atom. The molecule has 0 saturated carbocycles. The summed E-state index contributed by atoms with van der Waals surface area (Å²) in [6, 6.07) is 14.0. The zero-order valence-corrected chi connectivity index (χ0v) is 8.61. The summed E-state index contributed by atoms with van der Waals surface area (Å²) in [7, 11) is 0. The van der Waals surface area contributed by atoms with Gasteiger partial charge in [-0.3, -0.25) is 0 Å². The van der Waals surface area contributed by atoms with E-state index in [-0.39, 0.29) is 11.5 Å². The fourth-order valence-electron chi connectivity index (χ4n) is 1.20. The van der Waals surface area contributed by atoms with Crippen LogP contribution in [0.15, 0.2) is 48.5 Å². The number of rotatable bonds is 2. The molecule has 15 heavy (non-hydrogen) atoms. The van der Waals surface area contributed by atoms with Gasteiger partial charge in [0.15, 0.2) is 11.5 Å². The van der Waals surface area contributed by atoms with Gasteiger partial charge in [0.25, 0.3) is 0 Å². The Bertz CT molecular complexity index is 434. The van der Waals surface area contributed by atoms with Gasteiger partial charge >= 0.3 is 0 Å². The lowest BCUT2D eigenvalue weighted by Gasteiger charge is -2.08. The number of para-hydroxylation sites is 2. The highest BCUT2D eigenvalue weighted by Crippen LogP contribution is 2.36. The van der Waals surface area contributed by atoms with Crippen molar-refractivity contribution in [3.05, 3.63) is 53.6 Å². The maximum atomic E-state index is 9.54. The minimum absolute atomic E-state index is 0.0337. The smallest absolute Gasteiger partial charge is 0.187 e. The first-order valence-electron chi connectivity index (χ1n) is 4.48. The third kappa shape index (κ3) is 2.22. The molecule has 2 aromatic carbocycles. The van der Waals surface area contributed by atoms with E-state index >= 15 is 0 Å². The van der Waals surface area contributed by atoms with E-state index in [0.29, 0.717) is 10.8 Å². The number of aromatic hydroxyl groups is 1. The van der Waals surface area contributed by atoms with Crippen LogP contribution in [0.2, 0.25) is 5.02 Å².